The molecule has 1 rings (SSSR count). The number of piperidine rings is 1. The zero-order valence-corrected chi connectivity index (χ0v) is 11.6. The topological polar surface area (TPSA) is 46.3 Å². The van der Waals surface area contributed by atoms with E-state index in [-0.39, 0.29) is 11.9 Å². The van der Waals surface area contributed by atoms with Gasteiger partial charge in [-0.25, -0.2) is 0 Å². The summed E-state index contributed by atoms with van der Waals surface area (Å²) in [6.07, 6.45) is 5.68. The summed E-state index contributed by atoms with van der Waals surface area (Å²) < 4.78 is 0. The van der Waals surface area contributed by atoms with E-state index in [9.17, 15) is 4.79 Å². The lowest BCUT2D eigenvalue weighted by molar-refractivity contribution is -0.134. The largest absolute Gasteiger partial charge is 0.341 e. The van der Waals surface area contributed by atoms with Gasteiger partial charge in [-0.2, -0.15) is 0 Å². The van der Waals surface area contributed by atoms with Gasteiger partial charge in [-0.15, -0.1) is 0 Å². The summed E-state index contributed by atoms with van der Waals surface area (Å²) in [4.78, 5) is 14.1. The van der Waals surface area contributed by atoms with Crippen LogP contribution in [0.3, 0.4) is 0 Å². The monoisotopic (exact) mass is 240 g/mol. The van der Waals surface area contributed by atoms with Crippen molar-refractivity contribution in [3.8, 4) is 0 Å². The number of likely N-dealkylation sites (tertiary alicyclic amines) is 1. The molecule has 0 aromatic heterocycles. The van der Waals surface area contributed by atoms with Gasteiger partial charge in [0.05, 0.1) is 6.04 Å². The minimum absolute atomic E-state index is 0.161. The van der Waals surface area contributed by atoms with Crippen LogP contribution in [0, 0.1) is 11.8 Å². The average molecular weight is 240 g/mol. The lowest BCUT2D eigenvalue weighted by Gasteiger charge is -2.33. The summed E-state index contributed by atoms with van der Waals surface area (Å²) >= 11 is 0. The van der Waals surface area contributed by atoms with E-state index in [2.05, 4.69) is 20.8 Å². The van der Waals surface area contributed by atoms with Gasteiger partial charge in [0, 0.05) is 13.1 Å². The van der Waals surface area contributed by atoms with Crippen molar-refractivity contribution in [2.45, 2.75) is 58.9 Å². The normalized spacial score (nSPS) is 19.7. The van der Waals surface area contributed by atoms with Gasteiger partial charge < -0.3 is 10.6 Å². The number of amides is 1. The van der Waals surface area contributed by atoms with Gasteiger partial charge in [0.2, 0.25) is 5.91 Å². The fraction of sp³-hybridized carbons (Fsp3) is 0.929. The van der Waals surface area contributed by atoms with Crippen molar-refractivity contribution < 1.29 is 4.79 Å². The first-order valence-corrected chi connectivity index (χ1v) is 7.09. The Morgan fingerprint density at radius 1 is 1.35 bits per heavy atom. The maximum absolute atomic E-state index is 12.1. The molecule has 1 aliphatic rings. The summed E-state index contributed by atoms with van der Waals surface area (Å²) in [6.45, 7) is 8.28. The Balaban J connectivity index is 2.35. The number of hydrogen-bond donors (Lipinski definition) is 1. The highest BCUT2D eigenvalue weighted by molar-refractivity contribution is 5.81. The van der Waals surface area contributed by atoms with Crippen molar-refractivity contribution in [3.05, 3.63) is 0 Å². The fourth-order valence-corrected chi connectivity index (χ4v) is 2.69. The van der Waals surface area contributed by atoms with Crippen LogP contribution in [-0.4, -0.2) is 29.9 Å². The van der Waals surface area contributed by atoms with E-state index in [1.165, 1.54) is 12.8 Å². The molecule has 0 unspecified atom stereocenters. The van der Waals surface area contributed by atoms with E-state index in [4.69, 9.17) is 5.73 Å². The average Bonchev–Trinajstić information content (AvgIpc) is 2.28. The Labute approximate surface area is 106 Å². The van der Waals surface area contributed by atoms with Crippen LogP contribution in [0.2, 0.25) is 0 Å². The molecule has 0 aromatic rings. The van der Waals surface area contributed by atoms with E-state index in [1.54, 1.807) is 0 Å². The molecule has 2 N–H and O–H groups in total. The highest BCUT2D eigenvalue weighted by Crippen LogP contribution is 2.22. The van der Waals surface area contributed by atoms with Crippen molar-refractivity contribution in [1.82, 2.24) is 4.90 Å². The molecule has 0 saturated carbocycles. The van der Waals surface area contributed by atoms with Gasteiger partial charge >= 0.3 is 0 Å². The molecule has 1 heterocycles. The first kappa shape index (κ1) is 14.5. The zero-order chi connectivity index (χ0) is 12.8. The Kier molecular flexibility index (Phi) is 5.96. The lowest BCUT2D eigenvalue weighted by Crippen LogP contribution is -2.47. The van der Waals surface area contributed by atoms with E-state index >= 15 is 0 Å². The number of nitrogens with two attached hydrogens (primary N) is 1. The van der Waals surface area contributed by atoms with Crippen molar-refractivity contribution in [2.75, 3.05) is 13.1 Å². The summed E-state index contributed by atoms with van der Waals surface area (Å²) in [6, 6.07) is -0.294. The summed E-state index contributed by atoms with van der Waals surface area (Å²) in [7, 11) is 0. The molecule has 17 heavy (non-hydrogen) atoms. The van der Waals surface area contributed by atoms with Crippen LogP contribution in [0.4, 0.5) is 0 Å². The molecule has 1 saturated heterocycles. The van der Waals surface area contributed by atoms with E-state index < -0.39 is 0 Å². The third kappa shape index (κ3) is 4.66. The third-order valence-corrected chi connectivity index (χ3v) is 3.67. The van der Waals surface area contributed by atoms with Crippen LogP contribution in [0.15, 0.2) is 0 Å². The van der Waals surface area contributed by atoms with Crippen molar-refractivity contribution in [3.63, 3.8) is 0 Å². The molecule has 0 aliphatic carbocycles. The molecule has 0 spiro atoms. The van der Waals surface area contributed by atoms with Crippen molar-refractivity contribution in [2.24, 2.45) is 17.6 Å². The van der Waals surface area contributed by atoms with Crippen molar-refractivity contribution >= 4 is 5.91 Å². The molecule has 100 valence electrons. The van der Waals surface area contributed by atoms with E-state index in [0.29, 0.717) is 5.92 Å². The van der Waals surface area contributed by atoms with Crippen LogP contribution in [-0.2, 0) is 4.79 Å². The fourth-order valence-electron chi connectivity index (χ4n) is 2.69. The molecule has 3 nitrogen and oxygen atoms in total. The van der Waals surface area contributed by atoms with Crippen LogP contribution >= 0.6 is 0 Å². The Morgan fingerprint density at radius 3 is 2.41 bits per heavy atom. The molecule has 0 radical (unpaired) electrons. The van der Waals surface area contributed by atoms with Gasteiger partial charge in [0.15, 0.2) is 0 Å². The highest BCUT2D eigenvalue weighted by Gasteiger charge is 2.26. The van der Waals surface area contributed by atoms with Crippen LogP contribution in [0.25, 0.3) is 0 Å². The predicted molar refractivity (Wildman–Crippen MR) is 71.6 cm³/mol. The maximum atomic E-state index is 12.1. The number of carbonyl (C=O) groups is 1. The Morgan fingerprint density at radius 2 is 1.94 bits per heavy atom. The smallest absolute Gasteiger partial charge is 0.239 e. The molecule has 1 fully saturated rings. The molecule has 1 atom stereocenters. The standard InChI is InChI=1S/C14H28N2O/c1-4-5-12-6-8-16(9-7-12)14(17)13(15)10-11(2)3/h11-13H,4-10,15H2,1-3H3/t13-/m1/s1. The lowest BCUT2D eigenvalue weighted by atomic mass is 9.92. The first-order chi connectivity index (χ1) is 8.04. The second-order valence-electron chi connectivity index (χ2n) is 5.79. The SMILES string of the molecule is CCCC1CCN(C(=O)[C@H](N)CC(C)C)CC1. The highest BCUT2D eigenvalue weighted by atomic mass is 16.2. The molecule has 1 aliphatic heterocycles. The van der Waals surface area contributed by atoms with Crippen LogP contribution < -0.4 is 5.73 Å². The number of nitrogens with zero attached hydrogens (tertiary/aromatic N) is 1. The Bertz CT molecular complexity index is 232. The second-order valence-corrected chi connectivity index (χ2v) is 5.79. The summed E-state index contributed by atoms with van der Waals surface area (Å²) in [5, 5.41) is 0. The molecule has 1 amide bonds. The predicted octanol–water partition coefficient (Wildman–Crippen LogP) is 2.40. The molecular weight excluding hydrogens is 212 g/mol. The molecule has 3 heteroatoms. The Hall–Kier alpha value is -0.570. The number of rotatable bonds is 5. The minimum Gasteiger partial charge on any atom is -0.341 e. The molecule has 0 aromatic carbocycles. The van der Waals surface area contributed by atoms with Gasteiger partial charge in [-0.05, 0) is 31.1 Å². The van der Waals surface area contributed by atoms with Gasteiger partial charge in [-0.3, -0.25) is 4.79 Å². The first-order valence-electron chi connectivity index (χ1n) is 7.09. The molecular formula is C14H28N2O. The second kappa shape index (κ2) is 7.00. The summed E-state index contributed by atoms with van der Waals surface area (Å²) in [5.41, 5.74) is 5.95. The van der Waals surface area contributed by atoms with Crippen molar-refractivity contribution in [1.29, 1.82) is 0 Å². The minimum atomic E-state index is -0.294. The van der Waals surface area contributed by atoms with E-state index in [0.717, 1.165) is 38.3 Å². The third-order valence-electron chi connectivity index (χ3n) is 3.67. The summed E-state index contributed by atoms with van der Waals surface area (Å²) in [5.74, 6) is 1.48. The van der Waals surface area contributed by atoms with Crippen LogP contribution in [0.1, 0.15) is 52.9 Å². The quantitative estimate of drug-likeness (QED) is 0.802. The van der Waals surface area contributed by atoms with Gasteiger partial charge in [0.1, 0.15) is 0 Å². The maximum Gasteiger partial charge on any atom is 0.239 e. The van der Waals surface area contributed by atoms with E-state index in [1.807, 2.05) is 4.90 Å². The zero-order valence-electron chi connectivity index (χ0n) is 11.6. The van der Waals surface area contributed by atoms with Gasteiger partial charge in [0.25, 0.3) is 0 Å². The molecule has 0 bridgehead atoms. The number of carbonyl (C=O) groups excluding carboxylic acids is 1. The van der Waals surface area contributed by atoms with Crippen LogP contribution in [0.5, 0.6) is 0 Å². The number of hydrogen-bond acceptors (Lipinski definition) is 2. The van der Waals surface area contributed by atoms with Gasteiger partial charge in [-0.1, -0.05) is 33.6 Å².